The largest absolute Gasteiger partial charge is 0.490 e. The topological polar surface area (TPSA) is 104 Å². The van der Waals surface area contributed by atoms with E-state index in [-0.39, 0.29) is 0 Å². The van der Waals surface area contributed by atoms with Gasteiger partial charge in [-0.1, -0.05) is 0 Å². The van der Waals surface area contributed by atoms with Gasteiger partial charge >= 0.3 is 24.3 Å². The SMILES string of the molecule is O=C(O)C(F)(F)F.O=C(O)C(F)(F)F.O=C=C1CCCN1. The number of nitrogens with one attached hydrogen (secondary N) is 1. The van der Waals surface area contributed by atoms with E-state index in [0.717, 1.165) is 25.1 Å². The monoisotopic (exact) mass is 325 g/mol. The predicted octanol–water partition coefficient (Wildman–Crippen LogP) is 1.35. The van der Waals surface area contributed by atoms with Gasteiger partial charge in [-0.05, 0) is 12.8 Å². The number of carbonyl (C=O) groups excluding carboxylic acids is 1. The molecule has 0 bridgehead atoms. The zero-order chi connectivity index (χ0) is 17.3. The van der Waals surface area contributed by atoms with E-state index < -0.39 is 24.3 Å². The average Bonchev–Trinajstić information content (AvgIpc) is 2.80. The summed E-state index contributed by atoms with van der Waals surface area (Å²) in [6.07, 6.45) is -8.19. The number of carbonyl (C=O) groups is 2. The van der Waals surface area contributed by atoms with Crippen LogP contribution in [0.5, 0.6) is 0 Å². The number of allylic oxidation sites excluding steroid dienone is 1. The normalized spacial score (nSPS) is 13.7. The molecule has 0 aromatic carbocycles. The van der Waals surface area contributed by atoms with Gasteiger partial charge in [0.2, 0.25) is 0 Å². The number of alkyl halides is 6. The summed E-state index contributed by atoms with van der Waals surface area (Å²) in [6, 6.07) is 0. The second kappa shape index (κ2) is 8.84. The number of carboxylic acids is 2. The third-order valence-corrected chi connectivity index (χ3v) is 1.55. The standard InChI is InChI=1S/C5H7NO.2C2HF3O2/c7-4-5-2-1-3-6-5;2*3-2(4,5)1(6)7/h6H,1-3H2;2*(H,6,7). The van der Waals surface area contributed by atoms with E-state index in [1.165, 1.54) is 0 Å². The van der Waals surface area contributed by atoms with E-state index in [0.29, 0.717) is 0 Å². The van der Waals surface area contributed by atoms with Crippen LogP contribution in [0.1, 0.15) is 12.8 Å². The maximum atomic E-state index is 10.6. The molecule has 0 radical (unpaired) electrons. The van der Waals surface area contributed by atoms with Crippen LogP contribution in [-0.4, -0.2) is 47.0 Å². The Kier molecular flexibility index (Phi) is 8.88. The van der Waals surface area contributed by atoms with Crippen LogP contribution in [0, 0.1) is 0 Å². The van der Waals surface area contributed by atoms with E-state index in [2.05, 4.69) is 5.32 Å². The van der Waals surface area contributed by atoms with Gasteiger partial charge in [0.1, 0.15) is 5.94 Å². The summed E-state index contributed by atoms with van der Waals surface area (Å²) >= 11 is 0. The first-order chi connectivity index (χ1) is 9.32. The number of aliphatic carboxylic acids is 2. The minimum atomic E-state index is -5.08. The molecule has 0 spiro atoms. The summed E-state index contributed by atoms with van der Waals surface area (Å²) in [7, 11) is 0. The number of hydrogen-bond donors (Lipinski definition) is 3. The fourth-order valence-electron chi connectivity index (χ4n) is 0.680. The molecule has 1 aliphatic rings. The Hall–Kier alpha value is -2.23. The molecular weight excluding hydrogens is 316 g/mol. The van der Waals surface area contributed by atoms with E-state index in [1.807, 2.05) is 5.94 Å². The first-order valence-corrected chi connectivity index (χ1v) is 4.90. The number of hydrogen-bond acceptors (Lipinski definition) is 4. The van der Waals surface area contributed by atoms with Crippen molar-refractivity contribution in [2.24, 2.45) is 0 Å². The molecule has 0 saturated carbocycles. The Morgan fingerprint density at radius 2 is 1.33 bits per heavy atom. The van der Waals surface area contributed by atoms with Crippen LogP contribution in [0.3, 0.4) is 0 Å². The van der Waals surface area contributed by atoms with Crippen molar-refractivity contribution >= 4 is 17.9 Å². The Balaban J connectivity index is 0. The molecule has 0 aromatic rings. The zero-order valence-corrected chi connectivity index (χ0v) is 10.0. The maximum absolute atomic E-state index is 10.6. The van der Waals surface area contributed by atoms with Gasteiger partial charge in [0.05, 0.1) is 5.70 Å². The lowest BCUT2D eigenvalue weighted by Gasteiger charge is -1.93. The van der Waals surface area contributed by atoms with Crippen molar-refractivity contribution in [3.05, 3.63) is 5.70 Å². The molecule has 1 heterocycles. The smallest absolute Gasteiger partial charge is 0.475 e. The van der Waals surface area contributed by atoms with Crippen LogP contribution in [-0.2, 0) is 14.4 Å². The van der Waals surface area contributed by atoms with Gasteiger partial charge in [-0.3, -0.25) is 0 Å². The van der Waals surface area contributed by atoms with Crippen LogP contribution in [0.4, 0.5) is 26.3 Å². The molecule has 0 amide bonds. The second-order valence-corrected chi connectivity index (χ2v) is 3.22. The predicted molar refractivity (Wildman–Crippen MR) is 53.8 cm³/mol. The summed E-state index contributed by atoms with van der Waals surface area (Å²) in [5.74, 6) is -3.69. The van der Waals surface area contributed by atoms with E-state index in [4.69, 9.17) is 19.8 Å². The zero-order valence-electron chi connectivity index (χ0n) is 10.0. The molecule has 0 atom stereocenters. The summed E-state index contributed by atoms with van der Waals surface area (Å²) in [5.41, 5.74) is 0.736. The first-order valence-electron chi connectivity index (χ1n) is 4.90. The molecule has 1 rings (SSSR count). The van der Waals surface area contributed by atoms with Crippen molar-refractivity contribution < 1.29 is 50.9 Å². The molecule has 1 saturated heterocycles. The van der Waals surface area contributed by atoms with Crippen molar-refractivity contribution in [1.29, 1.82) is 0 Å². The number of rotatable bonds is 0. The quantitative estimate of drug-likeness (QED) is 0.459. The minimum Gasteiger partial charge on any atom is -0.475 e. The lowest BCUT2D eigenvalue weighted by Crippen LogP contribution is -2.21. The molecule has 122 valence electrons. The Morgan fingerprint density at radius 1 is 1.00 bits per heavy atom. The maximum Gasteiger partial charge on any atom is 0.490 e. The summed E-state index contributed by atoms with van der Waals surface area (Å²) in [4.78, 5) is 27.6. The molecule has 1 aliphatic heterocycles. The first kappa shape index (κ1) is 21.1. The lowest BCUT2D eigenvalue weighted by molar-refractivity contribution is -0.193. The van der Waals surface area contributed by atoms with Crippen LogP contribution in [0.2, 0.25) is 0 Å². The average molecular weight is 325 g/mol. The van der Waals surface area contributed by atoms with Gasteiger partial charge in [-0.2, -0.15) is 26.3 Å². The molecule has 0 aliphatic carbocycles. The minimum absolute atomic E-state index is 0.736. The van der Waals surface area contributed by atoms with Crippen LogP contribution in [0.15, 0.2) is 5.70 Å². The molecule has 0 unspecified atom stereocenters. The van der Waals surface area contributed by atoms with E-state index in [9.17, 15) is 31.1 Å². The number of halogens is 6. The van der Waals surface area contributed by atoms with Gasteiger partial charge in [0.25, 0.3) is 0 Å². The van der Waals surface area contributed by atoms with Crippen molar-refractivity contribution in [2.45, 2.75) is 25.2 Å². The van der Waals surface area contributed by atoms with Gasteiger partial charge in [-0.15, -0.1) is 0 Å². The van der Waals surface area contributed by atoms with Crippen LogP contribution in [0.25, 0.3) is 0 Å². The van der Waals surface area contributed by atoms with Gasteiger partial charge < -0.3 is 15.5 Å². The highest BCUT2D eigenvalue weighted by atomic mass is 19.4. The fourth-order valence-corrected chi connectivity index (χ4v) is 0.680. The van der Waals surface area contributed by atoms with Crippen LogP contribution >= 0.6 is 0 Å². The summed E-state index contributed by atoms with van der Waals surface area (Å²) in [6.45, 7) is 0.949. The van der Waals surface area contributed by atoms with Crippen LogP contribution < -0.4 is 5.32 Å². The third-order valence-electron chi connectivity index (χ3n) is 1.55. The van der Waals surface area contributed by atoms with E-state index >= 15 is 0 Å². The molecule has 3 N–H and O–H groups in total. The highest BCUT2D eigenvalue weighted by Gasteiger charge is 2.38. The van der Waals surface area contributed by atoms with Crippen molar-refractivity contribution in [2.75, 3.05) is 6.54 Å². The fraction of sp³-hybridized carbons (Fsp3) is 0.556. The molecule has 0 aromatic heterocycles. The molecule has 21 heavy (non-hydrogen) atoms. The molecule has 6 nitrogen and oxygen atoms in total. The Labute approximate surface area is 113 Å². The molecule has 12 heteroatoms. The van der Waals surface area contributed by atoms with Gasteiger partial charge in [0.15, 0.2) is 0 Å². The molecular formula is C9H9F6NO5. The van der Waals surface area contributed by atoms with Crippen molar-refractivity contribution in [3.8, 4) is 0 Å². The number of carboxylic acid groups (broad SMARTS) is 2. The van der Waals surface area contributed by atoms with Crippen molar-refractivity contribution in [1.82, 2.24) is 5.32 Å². The van der Waals surface area contributed by atoms with Gasteiger partial charge in [0, 0.05) is 6.54 Å². The van der Waals surface area contributed by atoms with Crippen molar-refractivity contribution in [3.63, 3.8) is 0 Å². The lowest BCUT2D eigenvalue weighted by atomic mass is 10.3. The summed E-state index contributed by atoms with van der Waals surface area (Å²) < 4.78 is 63.5. The highest BCUT2D eigenvalue weighted by molar-refractivity contribution is 5.73. The third kappa shape index (κ3) is 12.5. The second-order valence-electron chi connectivity index (χ2n) is 3.22. The Bertz CT molecular complexity index is 378. The summed E-state index contributed by atoms with van der Waals surface area (Å²) in [5, 5.41) is 17.1. The molecule has 1 fully saturated rings. The van der Waals surface area contributed by atoms with Gasteiger partial charge in [-0.25, -0.2) is 14.4 Å². The Morgan fingerprint density at radius 3 is 1.43 bits per heavy atom. The van der Waals surface area contributed by atoms with E-state index in [1.54, 1.807) is 0 Å². The highest BCUT2D eigenvalue weighted by Crippen LogP contribution is 2.13.